The summed E-state index contributed by atoms with van der Waals surface area (Å²) in [6.45, 7) is 0.747. The van der Waals surface area contributed by atoms with Gasteiger partial charge in [0.2, 0.25) is 0 Å². The average Bonchev–Trinajstić information content (AvgIpc) is 2.51. The lowest BCUT2D eigenvalue weighted by atomic mass is 10.2. The van der Waals surface area contributed by atoms with Crippen molar-refractivity contribution in [3.63, 3.8) is 0 Å². The fourth-order valence-electron chi connectivity index (χ4n) is 0.866. The number of nitrogens with zero attached hydrogens (tertiary/aromatic N) is 1. The first-order chi connectivity index (χ1) is 3.93. The minimum Gasteiger partial charge on any atom is -0.210 e. The van der Waals surface area contributed by atoms with E-state index < -0.39 is 0 Å². The zero-order valence-electron chi connectivity index (χ0n) is 5.06. The van der Waals surface area contributed by atoms with Gasteiger partial charge in [-0.1, -0.05) is 12.8 Å². The van der Waals surface area contributed by atoms with Gasteiger partial charge < -0.3 is 0 Å². The molecule has 0 aromatic carbocycles. The van der Waals surface area contributed by atoms with Crippen LogP contribution in [0.4, 0.5) is 0 Å². The lowest BCUT2D eigenvalue weighted by Gasteiger charge is -1.89. The Bertz CT molecular complexity index is 76.6. The molecule has 0 unspecified atom stereocenters. The molecule has 1 saturated carbocycles. The summed E-state index contributed by atoms with van der Waals surface area (Å²) in [5.41, 5.74) is 6.49. The SMILES string of the molecule is N=NCCCC1CC1. The van der Waals surface area contributed by atoms with Gasteiger partial charge in [0.25, 0.3) is 0 Å². The van der Waals surface area contributed by atoms with Crippen LogP contribution in [0.2, 0.25) is 0 Å². The number of nitrogens with one attached hydrogen (secondary N) is 1. The zero-order chi connectivity index (χ0) is 5.82. The molecular formula is C6H12N2. The summed E-state index contributed by atoms with van der Waals surface area (Å²) in [7, 11) is 0. The quantitative estimate of drug-likeness (QED) is 0.427. The highest BCUT2D eigenvalue weighted by molar-refractivity contribution is 4.72. The second kappa shape index (κ2) is 2.80. The summed E-state index contributed by atoms with van der Waals surface area (Å²) in [5.74, 6) is 1.01. The Morgan fingerprint density at radius 1 is 1.50 bits per heavy atom. The smallest absolute Gasteiger partial charge is 0.0596 e. The van der Waals surface area contributed by atoms with Gasteiger partial charge in [-0.2, -0.15) is 5.11 Å². The molecule has 0 bridgehead atoms. The van der Waals surface area contributed by atoms with Gasteiger partial charge in [-0.15, -0.1) is 0 Å². The molecule has 0 aromatic rings. The van der Waals surface area contributed by atoms with Crippen LogP contribution in [0.25, 0.3) is 0 Å². The largest absolute Gasteiger partial charge is 0.210 e. The third kappa shape index (κ3) is 2.05. The first-order valence-corrected chi connectivity index (χ1v) is 3.26. The van der Waals surface area contributed by atoms with Gasteiger partial charge in [0.1, 0.15) is 0 Å². The maximum atomic E-state index is 6.49. The minimum absolute atomic E-state index is 0.747. The zero-order valence-corrected chi connectivity index (χ0v) is 5.06. The van der Waals surface area contributed by atoms with Gasteiger partial charge in [0.05, 0.1) is 6.54 Å². The maximum absolute atomic E-state index is 6.49. The standard InChI is InChI=1S/C6H12N2/c7-8-5-1-2-6-3-4-6/h6-7H,1-5H2. The van der Waals surface area contributed by atoms with Crippen molar-refractivity contribution < 1.29 is 0 Å². The number of hydrogen-bond donors (Lipinski definition) is 1. The van der Waals surface area contributed by atoms with Crippen molar-refractivity contribution in [3.8, 4) is 0 Å². The normalized spacial score (nSPS) is 18.5. The third-order valence-electron chi connectivity index (χ3n) is 1.58. The van der Waals surface area contributed by atoms with Gasteiger partial charge in [0.15, 0.2) is 0 Å². The van der Waals surface area contributed by atoms with E-state index in [-0.39, 0.29) is 0 Å². The van der Waals surface area contributed by atoms with Crippen LogP contribution in [0, 0.1) is 11.4 Å². The van der Waals surface area contributed by atoms with Gasteiger partial charge in [0, 0.05) is 0 Å². The summed E-state index contributed by atoms with van der Waals surface area (Å²) in [6, 6.07) is 0. The summed E-state index contributed by atoms with van der Waals surface area (Å²) >= 11 is 0. The fourth-order valence-corrected chi connectivity index (χ4v) is 0.866. The van der Waals surface area contributed by atoms with E-state index in [9.17, 15) is 0 Å². The molecule has 1 aliphatic carbocycles. The van der Waals surface area contributed by atoms with Gasteiger partial charge in [-0.3, -0.25) is 0 Å². The Hall–Kier alpha value is -0.400. The van der Waals surface area contributed by atoms with Crippen LogP contribution in [0.3, 0.4) is 0 Å². The molecule has 1 rings (SSSR count). The van der Waals surface area contributed by atoms with Crippen molar-refractivity contribution in [1.82, 2.24) is 0 Å². The van der Waals surface area contributed by atoms with E-state index in [0.717, 1.165) is 18.9 Å². The van der Waals surface area contributed by atoms with Crippen molar-refractivity contribution in [3.05, 3.63) is 0 Å². The summed E-state index contributed by atoms with van der Waals surface area (Å²) in [4.78, 5) is 0. The molecule has 0 radical (unpaired) electrons. The molecule has 1 aliphatic rings. The first kappa shape index (κ1) is 5.73. The van der Waals surface area contributed by atoms with E-state index in [4.69, 9.17) is 5.53 Å². The lowest BCUT2D eigenvalue weighted by molar-refractivity contribution is 0.659. The molecule has 2 heteroatoms. The lowest BCUT2D eigenvalue weighted by Crippen LogP contribution is -1.80. The van der Waals surface area contributed by atoms with E-state index in [1.54, 1.807) is 0 Å². The van der Waals surface area contributed by atoms with E-state index in [2.05, 4.69) is 5.11 Å². The summed E-state index contributed by atoms with van der Waals surface area (Å²) in [5, 5.41) is 3.29. The Labute approximate surface area is 49.8 Å². The molecule has 2 nitrogen and oxygen atoms in total. The topological polar surface area (TPSA) is 36.2 Å². The van der Waals surface area contributed by atoms with Crippen molar-refractivity contribution >= 4 is 0 Å². The van der Waals surface area contributed by atoms with Crippen LogP contribution in [-0.4, -0.2) is 6.54 Å². The maximum Gasteiger partial charge on any atom is 0.0596 e. The molecule has 8 heavy (non-hydrogen) atoms. The van der Waals surface area contributed by atoms with E-state index in [1.807, 2.05) is 0 Å². The Balaban J connectivity index is 1.80. The average molecular weight is 112 g/mol. The summed E-state index contributed by atoms with van der Waals surface area (Å²) < 4.78 is 0. The number of rotatable bonds is 4. The van der Waals surface area contributed by atoms with Crippen LogP contribution in [0.1, 0.15) is 25.7 Å². The van der Waals surface area contributed by atoms with Crippen LogP contribution in [0.5, 0.6) is 0 Å². The third-order valence-corrected chi connectivity index (χ3v) is 1.58. The van der Waals surface area contributed by atoms with E-state index in [0.29, 0.717) is 0 Å². The Morgan fingerprint density at radius 3 is 2.75 bits per heavy atom. The van der Waals surface area contributed by atoms with Gasteiger partial charge in [-0.05, 0) is 18.8 Å². The second-order valence-corrected chi connectivity index (χ2v) is 2.47. The predicted octanol–water partition coefficient (Wildman–Crippen LogP) is 2.21. The van der Waals surface area contributed by atoms with Gasteiger partial charge >= 0.3 is 0 Å². The van der Waals surface area contributed by atoms with Crippen LogP contribution < -0.4 is 0 Å². The highest BCUT2D eigenvalue weighted by atomic mass is 14.9. The van der Waals surface area contributed by atoms with Crippen molar-refractivity contribution in [1.29, 1.82) is 5.53 Å². The van der Waals surface area contributed by atoms with Crippen molar-refractivity contribution in [2.45, 2.75) is 25.7 Å². The molecule has 46 valence electrons. The summed E-state index contributed by atoms with van der Waals surface area (Å²) in [6.07, 6.45) is 5.30. The molecule has 0 aliphatic heterocycles. The first-order valence-electron chi connectivity index (χ1n) is 3.26. The second-order valence-electron chi connectivity index (χ2n) is 2.47. The predicted molar refractivity (Wildman–Crippen MR) is 32.0 cm³/mol. The van der Waals surface area contributed by atoms with Gasteiger partial charge in [-0.25, -0.2) is 5.53 Å². The molecule has 0 heterocycles. The van der Waals surface area contributed by atoms with Crippen LogP contribution in [-0.2, 0) is 0 Å². The molecule has 0 aromatic heterocycles. The highest BCUT2D eigenvalue weighted by Gasteiger charge is 2.19. The number of hydrogen-bond acceptors (Lipinski definition) is 2. The fraction of sp³-hybridized carbons (Fsp3) is 1.00. The molecular weight excluding hydrogens is 100 g/mol. The molecule has 1 fully saturated rings. The Morgan fingerprint density at radius 2 is 2.25 bits per heavy atom. The molecule has 0 atom stereocenters. The molecule has 0 spiro atoms. The minimum atomic E-state index is 0.747. The Kier molecular flexibility index (Phi) is 2.00. The van der Waals surface area contributed by atoms with Crippen molar-refractivity contribution in [2.24, 2.45) is 11.0 Å². The van der Waals surface area contributed by atoms with Crippen LogP contribution >= 0.6 is 0 Å². The molecule has 0 amide bonds. The van der Waals surface area contributed by atoms with Crippen molar-refractivity contribution in [2.75, 3.05) is 6.54 Å². The van der Waals surface area contributed by atoms with E-state index in [1.165, 1.54) is 19.3 Å². The monoisotopic (exact) mass is 112 g/mol. The molecule has 1 N–H and O–H groups in total. The molecule has 0 saturated heterocycles. The van der Waals surface area contributed by atoms with E-state index >= 15 is 0 Å². The van der Waals surface area contributed by atoms with Crippen LogP contribution in [0.15, 0.2) is 5.11 Å². The highest BCUT2D eigenvalue weighted by Crippen LogP contribution is 2.33.